The molecule has 0 aliphatic heterocycles. The molecule has 100 valence electrons. The number of nitrogens with two attached hydrogens (primary N) is 1. The highest BCUT2D eigenvalue weighted by Gasteiger charge is 2.14. The van der Waals surface area contributed by atoms with E-state index in [-0.39, 0.29) is 11.9 Å². The summed E-state index contributed by atoms with van der Waals surface area (Å²) in [6.07, 6.45) is 3.58. The monoisotopic (exact) mass is 330 g/mol. The van der Waals surface area contributed by atoms with Gasteiger partial charge >= 0.3 is 0 Å². The zero-order chi connectivity index (χ0) is 14.1. The van der Waals surface area contributed by atoms with Gasteiger partial charge in [-0.05, 0) is 44.6 Å². The second-order valence-electron chi connectivity index (χ2n) is 4.60. The minimum Gasteiger partial charge on any atom is -0.320 e. The molecule has 0 bridgehead atoms. The maximum Gasteiger partial charge on any atom is 0.137 e. The van der Waals surface area contributed by atoms with Crippen molar-refractivity contribution in [3.63, 3.8) is 0 Å². The van der Waals surface area contributed by atoms with E-state index in [2.05, 4.69) is 20.9 Å². The third-order valence-electron chi connectivity index (χ3n) is 3.34. The molecule has 3 aromatic rings. The molecule has 4 heteroatoms. The molecule has 0 saturated carbocycles. The summed E-state index contributed by atoms with van der Waals surface area (Å²) in [4.78, 5) is 4.23. The summed E-state index contributed by atoms with van der Waals surface area (Å²) in [6, 6.07) is 12.4. The van der Waals surface area contributed by atoms with E-state index in [1.807, 2.05) is 30.5 Å². The lowest BCUT2D eigenvalue weighted by atomic mass is 9.96. The lowest BCUT2D eigenvalue weighted by Crippen LogP contribution is -2.12. The minimum atomic E-state index is -0.342. The van der Waals surface area contributed by atoms with Gasteiger partial charge in [-0.25, -0.2) is 4.39 Å². The molecule has 0 fully saturated rings. The van der Waals surface area contributed by atoms with E-state index in [4.69, 9.17) is 5.73 Å². The van der Waals surface area contributed by atoms with Crippen LogP contribution in [0.25, 0.3) is 10.8 Å². The fourth-order valence-corrected chi connectivity index (χ4v) is 2.67. The molecule has 2 aromatic carbocycles. The minimum absolute atomic E-state index is 0.294. The SMILES string of the molecule is NC(c1ccc(F)c(Br)c1)c1cncc2ccccc12. The van der Waals surface area contributed by atoms with Crippen molar-refractivity contribution in [1.82, 2.24) is 4.98 Å². The largest absolute Gasteiger partial charge is 0.320 e. The number of rotatable bonds is 2. The van der Waals surface area contributed by atoms with Gasteiger partial charge in [0.2, 0.25) is 0 Å². The number of hydrogen-bond donors (Lipinski definition) is 1. The highest BCUT2D eigenvalue weighted by Crippen LogP contribution is 2.28. The first-order valence-electron chi connectivity index (χ1n) is 6.20. The van der Waals surface area contributed by atoms with Crippen molar-refractivity contribution >= 4 is 26.7 Å². The normalized spacial score (nSPS) is 12.6. The molecule has 2 nitrogen and oxygen atoms in total. The van der Waals surface area contributed by atoms with Crippen LogP contribution < -0.4 is 5.73 Å². The quantitative estimate of drug-likeness (QED) is 0.765. The van der Waals surface area contributed by atoms with Crippen molar-refractivity contribution in [2.24, 2.45) is 5.73 Å². The van der Waals surface area contributed by atoms with Crippen LogP contribution in [0, 0.1) is 5.82 Å². The molecule has 20 heavy (non-hydrogen) atoms. The number of halogens is 2. The van der Waals surface area contributed by atoms with Crippen LogP contribution in [0.15, 0.2) is 59.3 Å². The molecule has 0 spiro atoms. The van der Waals surface area contributed by atoms with Crippen LogP contribution in [0.1, 0.15) is 17.2 Å². The molecule has 3 rings (SSSR count). The molecule has 1 unspecified atom stereocenters. The summed E-state index contributed by atoms with van der Waals surface area (Å²) in [7, 11) is 0. The third-order valence-corrected chi connectivity index (χ3v) is 3.94. The second kappa shape index (κ2) is 5.31. The van der Waals surface area contributed by atoms with Crippen molar-refractivity contribution in [2.75, 3.05) is 0 Å². The lowest BCUT2D eigenvalue weighted by molar-refractivity contribution is 0.619. The summed E-state index contributed by atoms with van der Waals surface area (Å²) in [5.74, 6) is -0.294. The van der Waals surface area contributed by atoms with E-state index in [1.54, 1.807) is 18.3 Å². The maximum absolute atomic E-state index is 13.3. The molecule has 1 aromatic heterocycles. The lowest BCUT2D eigenvalue weighted by Gasteiger charge is -2.15. The van der Waals surface area contributed by atoms with Crippen molar-refractivity contribution < 1.29 is 4.39 Å². The van der Waals surface area contributed by atoms with Gasteiger partial charge in [-0.3, -0.25) is 4.98 Å². The van der Waals surface area contributed by atoms with E-state index >= 15 is 0 Å². The molecule has 0 radical (unpaired) electrons. The molecule has 0 aliphatic rings. The number of fused-ring (bicyclic) bond motifs is 1. The smallest absolute Gasteiger partial charge is 0.137 e. The second-order valence-corrected chi connectivity index (χ2v) is 5.46. The summed E-state index contributed by atoms with van der Waals surface area (Å²) in [5, 5.41) is 2.11. The predicted molar refractivity (Wildman–Crippen MR) is 81.9 cm³/mol. The molecule has 1 heterocycles. The number of aromatic nitrogens is 1. The van der Waals surface area contributed by atoms with Crippen molar-refractivity contribution in [3.05, 3.63) is 76.3 Å². The Kier molecular flexibility index (Phi) is 3.51. The Morgan fingerprint density at radius 1 is 1.10 bits per heavy atom. The van der Waals surface area contributed by atoms with E-state index < -0.39 is 0 Å². The molecule has 2 N–H and O–H groups in total. The molecule has 0 amide bonds. The van der Waals surface area contributed by atoms with Crippen LogP contribution >= 0.6 is 15.9 Å². The Morgan fingerprint density at radius 2 is 1.90 bits per heavy atom. The van der Waals surface area contributed by atoms with E-state index in [1.165, 1.54) is 6.07 Å². The molecule has 1 atom stereocenters. The standard InChI is InChI=1S/C16H12BrFN2/c17-14-7-10(5-6-15(14)18)16(19)13-9-20-8-11-3-1-2-4-12(11)13/h1-9,16H,19H2. The number of hydrogen-bond acceptors (Lipinski definition) is 2. The van der Waals surface area contributed by atoms with Gasteiger partial charge in [0.15, 0.2) is 0 Å². The van der Waals surface area contributed by atoms with Gasteiger partial charge in [-0.1, -0.05) is 30.3 Å². The van der Waals surface area contributed by atoms with E-state index in [0.29, 0.717) is 4.47 Å². The number of benzene rings is 2. The average molecular weight is 331 g/mol. The zero-order valence-electron chi connectivity index (χ0n) is 10.6. The number of nitrogens with zero attached hydrogens (tertiary/aromatic N) is 1. The Morgan fingerprint density at radius 3 is 2.70 bits per heavy atom. The van der Waals surface area contributed by atoms with Gasteiger partial charge in [0.1, 0.15) is 5.82 Å². The Balaban J connectivity index is 2.12. The highest BCUT2D eigenvalue weighted by atomic mass is 79.9. The van der Waals surface area contributed by atoms with Crippen LogP contribution in [0.2, 0.25) is 0 Å². The number of pyridine rings is 1. The summed E-state index contributed by atoms with van der Waals surface area (Å²) in [6.45, 7) is 0. The third kappa shape index (κ3) is 2.32. The Labute approximate surface area is 124 Å². The van der Waals surface area contributed by atoms with Gasteiger partial charge in [-0.2, -0.15) is 0 Å². The van der Waals surface area contributed by atoms with Crippen LogP contribution in [-0.2, 0) is 0 Å². The summed E-state index contributed by atoms with van der Waals surface area (Å²) < 4.78 is 13.7. The first-order chi connectivity index (χ1) is 9.66. The van der Waals surface area contributed by atoms with Crippen LogP contribution in [0.4, 0.5) is 4.39 Å². The van der Waals surface area contributed by atoms with E-state index in [0.717, 1.165) is 21.9 Å². The molecule has 0 saturated heterocycles. The summed E-state index contributed by atoms with van der Waals surface area (Å²) >= 11 is 3.19. The Bertz CT molecular complexity index is 768. The fraction of sp³-hybridized carbons (Fsp3) is 0.0625. The van der Waals surface area contributed by atoms with Crippen LogP contribution in [0.3, 0.4) is 0 Å². The highest BCUT2D eigenvalue weighted by molar-refractivity contribution is 9.10. The average Bonchev–Trinajstić information content (AvgIpc) is 2.49. The van der Waals surface area contributed by atoms with Gasteiger partial charge in [0.05, 0.1) is 10.5 Å². The van der Waals surface area contributed by atoms with Crippen LogP contribution in [0.5, 0.6) is 0 Å². The first kappa shape index (κ1) is 13.2. The van der Waals surface area contributed by atoms with Crippen LogP contribution in [-0.4, -0.2) is 4.98 Å². The van der Waals surface area contributed by atoms with Crippen molar-refractivity contribution in [1.29, 1.82) is 0 Å². The molecular weight excluding hydrogens is 319 g/mol. The topological polar surface area (TPSA) is 38.9 Å². The van der Waals surface area contributed by atoms with E-state index in [9.17, 15) is 4.39 Å². The first-order valence-corrected chi connectivity index (χ1v) is 6.99. The van der Waals surface area contributed by atoms with Gasteiger partial charge in [0, 0.05) is 17.8 Å². The van der Waals surface area contributed by atoms with Crippen molar-refractivity contribution in [3.8, 4) is 0 Å². The maximum atomic E-state index is 13.3. The Hall–Kier alpha value is -1.78. The fourth-order valence-electron chi connectivity index (χ4n) is 2.27. The molecule has 0 aliphatic carbocycles. The van der Waals surface area contributed by atoms with Gasteiger partial charge in [-0.15, -0.1) is 0 Å². The van der Waals surface area contributed by atoms with Gasteiger partial charge in [0.25, 0.3) is 0 Å². The predicted octanol–water partition coefficient (Wildman–Crippen LogP) is 4.18. The molecular formula is C16H12BrFN2. The van der Waals surface area contributed by atoms with Gasteiger partial charge < -0.3 is 5.73 Å². The summed E-state index contributed by atoms with van der Waals surface area (Å²) in [5.41, 5.74) is 8.09. The van der Waals surface area contributed by atoms with Crippen molar-refractivity contribution in [2.45, 2.75) is 6.04 Å². The zero-order valence-corrected chi connectivity index (χ0v) is 12.1.